The van der Waals surface area contributed by atoms with E-state index in [-0.39, 0.29) is 49.2 Å². The van der Waals surface area contributed by atoms with Crippen LogP contribution in [0.4, 0.5) is 4.79 Å². The third kappa shape index (κ3) is 11.9. The number of hydrogen-bond donors (Lipinski definition) is 4. The Balaban J connectivity index is 1.38. The van der Waals surface area contributed by atoms with Gasteiger partial charge in [-0.05, 0) is 57.6 Å². The molecule has 4 N–H and O–H groups in total. The van der Waals surface area contributed by atoms with Crippen molar-refractivity contribution in [2.75, 3.05) is 39.4 Å². The van der Waals surface area contributed by atoms with Crippen LogP contribution in [0.3, 0.4) is 0 Å². The second-order valence-corrected chi connectivity index (χ2v) is 15.7. The molecule has 0 aromatic heterocycles. The summed E-state index contributed by atoms with van der Waals surface area (Å²) in [7, 11) is 0. The van der Waals surface area contributed by atoms with Crippen LogP contribution in [0, 0.1) is 17.8 Å². The first-order chi connectivity index (χ1) is 23.6. The maximum absolute atomic E-state index is 13.3. The Morgan fingerprint density at radius 2 is 1.80 bits per heavy atom. The Bertz CT molecular complexity index is 1190. The monoisotopic (exact) mass is 706 g/mol. The summed E-state index contributed by atoms with van der Waals surface area (Å²) in [5, 5.41) is 43.5. The molecule has 0 aromatic carbocycles. The maximum Gasteiger partial charge on any atom is 0.410 e. The summed E-state index contributed by atoms with van der Waals surface area (Å²) in [6, 6.07) is 0.467. The van der Waals surface area contributed by atoms with E-state index >= 15 is 0 Å². The van der Waals surface area contributed by atoms with Gasteiger partial charge in [-0.3, -0.25) is 9.69 Å². The molecule has 12 heteroatoms. The van der Waals surface area contributed by atoms with Crippen LogP contribution in [-0.4, -0.2) is 136 Å². The summed E-state index contributed by atoms with van der Waals surface area (Å²) in [6.45, 7) is 15.1. The van der Waals surface area contributed by atoms with Gasteiger partial charge in [-0.15, -0.1) is 0 Å². The molecule has 3 saturated heterocycles. The summed E-state index contributed by atoms with van der Waals surface area (Å²) in [5.74, 6) is -0.863. The van der Waals surface area contributed by atoms with E-state index in [0.717, 1.165) is 39.1 Å². The number of allylic oxidation sites excluding steroid dienone is 2. The van der Waals surface area contributed by atoms with Crippen molar-refractivity contribution in [1.82, 2.24) is 9.80 Å². The number of esters is 1. The van der Waals surface area contributed by atoms with Crippen LogP contribution in [0.1, 0.15) is 80.1 Å². The quantitative estimate of drug-likeness (QED) is 0.114. The molecule has 10 unspecified atom stereocenters. The number of carbonyl (C=O) groups is 2. The smallest absolute Gasteiger partial charge is 0.410 e. The summed E-state index contributed by atoms with van der Waals surface area (Å²) < 4.78 is 23.0. The van der Waals surface area contributed by atoms with E-state index in [1.807, 2.05) is 27.7 Å². The van der Waals surface area contributed by atoms with Crippen LogP contribution in [-0.2, 0) is 23.7 Å². The van der Waals surface area contributed by atoms with Crippen molar-refractivity contribution in [3.63, 3.8) is 0 Å². The Morgan fingerprint density at radius 1 is 1.12 bits per heavy atom. The molecule has 0 bridgehead atoms. The van der Waals surface area contributed by atoms with Crippen LogP contribution >= 0.6 is 0 Å². The summed E-state index contributed by atoms with van der Waals surface area (Å²) in [4.78, 5) is 30.2. The fourth-order valence-electron chi connectivity index (χ4n) is 7.18. The van der Waals surface area contributed by atoms with Gasteiger partial charge in [-0.25, -0.2) is 4.79 Å². The largest absolute Gasteiger partial charge is 0.457 e. The molecule has 10 atom stereocenters. The van der Waals surface area contributed by atoms with Gasteiger partial charge in [0.15, 0.2) is 6.10 Å². The third-order valence-electron chi connectivity index (χ3n) is 10.7. The highest BCUT2D eigenvalue weighted by Gasteiger charge is 2.48. The summed E-state index contributed by atoms with van der Waals surface area (Å²) in [6.07, 6.45) is 8.51. The molecular formula is C38H62N2O10. The van der Waals surface area contributed by atoms with Gasteiger partial charge in [-0.1, -0.05) is 52.0 Å². The van der Waals surface area contributed by atoms with Crippen molar-refractivity contribution in [1.29, 1.82) is 0 Å². The zero-order valence-electron chi connectivity index (χ0n) is 30.9. The Kier molecular flexibility index (Phi) is 14.5. The van der Waals surface area contributed by atoms with Crippen molar-refractivity contribution < 1.29 is 49.0 Å². The average Bonchev–Trinajstić information content (AvgIpc) is 3.84. The van der Waals surface area contributed by atoms with E-state index in [4.69, 9.17) is 18.9 Å². The fourth-order valence-corrected chi connectivity index (χ4v) is 7.18. The van der Waals surface area contributed by atoms with E-state index in [2.05, 4.69) is 4.90 Å². The van der Waals surface area contributed by atoms with Gasteiger partial charge in [0, 0.05) is 63.7 Å². The predicted molar refractivity (Wildman–Crippen MR) is 188 cm³/mol. The molecule has 4 heterocycles. The molecule has 4 rings (SSSR count). The number of epoxide rings is 1. The Hall–Kier alpha value is -2.32. The minimum atomic E-state index is -1.49. The second-order valence-electron chi connectivity index (χ2n) is 15.7. The molecule has 1 amide bonds. The number of nitrogens with zero attached hydrogens (tertiary/aromatic N) is 2. The first-order valence-corrected chi connectivity index (χ1v) is 18.5. The average molecular weight is 707 g/mol. The lowest BCUT2D eigenvalue weighted by atomic mass is 9.88. The standard InChI is InChI=1S/C38H62N2O10/c1-25(2)34(43)27(4)35-31(49-35)24-37(5,45)15-8-7-9-30-26(3)10-11-32(38(6,46)16-12-29(41)23-33(42)48-30)50-36(44)40-19-17-39(18-20-40)28-13-21-47-22-14-28/h7-11,15,25-32,34-35,41,43,45-46H,12-14,16-24H2,1-6H3. The summed E-state index contributed by atoms with van der Waals surface area (Å²) in [5.41, 5.74) is -2.65. The van der Waals surface area contributed by atoms with Crippen LogP contribution in [0.2, 0.25) is 0 Å². The van der Waals surface area contributed by atoms with Crippen LogP contribution in [0.15, 0.2) is 36.5 Å². The zero-order valence-corrected chi connectivity index (χ0v) is 30.9. The minimum Gasteiger partial charge on any atom is -0.457 e. The van der Waals surface area contributed by atoms with Gasteiger partial charge >= 0.3 is 12.1 Å². The number of aliphatic hydroxyl groups excluding tert-OH is 2. The Morgan fingerprint density at radius 3 is 2.46 bits per heavy atom. The number of rotatable bonds is 10. The number of aliphatic hydroxyl groups is 4. The highest BCUT2D eigenvalue weighted by molar-refractivity contribution is 5.70. The molecule has 4 aliphatic heterocycles. The van der Waals surface area contributed by atoms with Gasteiger partial charge in [0.25, 0.3) is 0 Å². The molecule has 0 saturated carbocycles. The molecule has 3 fully saturated rings. The van der Waals surface area contributed by atoms with E-state index in [1.165, 1.54) is 0 Å². The molecule has 4 aliphatic rings. The van der Waals surface area contributed by atoms with Gasteiger partial charge < -0.3 is 44.3 Å². The lowest BCUT2D eigenvalue weighted by Crippen LogP contribution is -2.54. The highest BCUT2D eigenvalue weighted by Crippen LogP contribution is 2.38. The number of amides is 1. The molecule has 0 spiro atoms. The van der Waals surface area contributed by atoms with Crippen molar-refractivity contribution in [2.24, 2.45) is 17.8 Å². The minimum absolute atomic E-state index is 0.0340. The lowest BCUT2D eigenvalue weighted by Gasteiger charge is -2.41. The zero-order chi connectivity index (χ0) is 36.6. The van der Waals surface area contributed by atoms with Gasteiger partial charge in [-0.2, -0.15) is 0 Å². The van der Waals surface area contributed by atoms with Gasteiger partial charge in [0.1, 0.15) is 11.7 Å². The molecule has 12 nitrogen and oxygen atoms in total. The molecule has 284 valence electrons. The van der Waals surface area contributed by atoms with Crippen LogP contribution in [0.5, 0.6) is 0 Å². The second kappa shape index (κ2) is 17.9. The highest BCUT2D eigenvalue weighted by atomic mass is 16.6. The first-order valence-electron chi connectivity index (χ1n) is 18.5. The first kappa shape index (κ1) is 40.5. The summed E-state index contributed by atoms with van der Waals surface area (Å²) >= 11 is 0. The predicted octanol–water partition coefficient (Wildman–Crippen LogP) is 3.36. The normalized spacial score (nSPS) is 34.9. The van der Waals surface area contributed by atoms with Crippen molar-refractivity contribution >= 4 is 12.1 Å². The fraction of sp³-hybridized carbons (Fsp3) is 0.789. The molecular weight excluding hydrogens is 644 g/mol. The van der Waals surface area contributed by atoms with Crippen LogP contribution in [0.25, 0.3) is 0 Å². The van der Waals surface area contributed by atoms with E-state index < -0.39 is 47.7 Å². The van der Waals surface area contributed by atoms with Crippen molar-refractivity contribution in [3.8, 4) is 0 Å². The van der Waals surface area contributed by atoms with Gasteiger partial charge in [0.05, 0.1) is 36.4 Å². The molecule has 0 radical (unpaired) electrons. The Labute approximate surface area is 298 Å². The third-order valence-corrected chi connectivity index (χ3v) is 10.7. The molecule has 0 aliphatic carbocycles. The molecule has 50 heavy (non-hydrogen) atoms. The van der Waals surface area contributed by atoms with E-state index in [9.17, 15) is 30.0 Å². The number of hydrogen-bond acceptors (Lipinski definition) is 11. The number of carbonyl (C=O) groups excluding carboxylic acids is 2. The number of cyclic esters (lactones) is 1. The van der Waals surface area contributed by atoms with E-state index in [0.29, 0.717) is 25.6 Å². The van der Waals surface area contributed by atoms with Crippen molar-refractivity contribution in [2.45, 2.75) is 134 Å². The van der Waals surface area contributed by atoms with E-state index in [1.54, 1.807) is 55.2 Å². The SMILES string of the molecule is CC(C)C(O)C(C)C1OC1CC(C)(O)C=CC=CC1OC(=O)CC(O)CCC(C)(O)C(OC(=O)N2CCN(C3CCOCC3)CC2)C=CC1C. The van der Waals surface area contributed by atoms with Crippen molar-refractivity contribution in [3.05, 3.63) is 36.5 Å². The number of piperazine rings is 1. The topological polar surface area (TPSA) is 162 Å². The van der Waals surface area contributed by atoms with Gasteiger partial charge in [0.2, 0.25) is 0 Å². The maximum atomic E-state index is 13.3. The molecule has 0 aromatic rings. The number of ether oxygens (including phenoxy) is 4. The lowest BCUT2D eigenvalue weighted by molar-refractivity contribution is -0.151. The van der Waals surface area contributed by atoms with Crippen LogP contribution < -0.4 is 0 Å².